The van der Waals surface area contributed by atoms with Gasteiger partial charge in [0.05, 0.1) is 6.61 Å². The molecule has 2 heterocycles. The molecule has 0 aliphatic rings. The van der Waals surface area contributed by atoms with Crippen LogP contribution in [0.2, 0.25) is 0 Å². The Morgan fingerprint density at radius 3 is 2.27 bits per heavy atom. The number of amides is 2. The van der Waals surface area contributed by atoms with Gasteiger partial charge >= 0.3 is 0 Å². The zero-order chi connectivity index (χ0) is 25.6. The van der Waals surface area contributed by atoms with Crippen molar-refractivity contribution in [3.8, 4) is 28.3 Å². The fourth-order valence-corrected chi connectivity index (χ4v) is 4.45. The lowest BCUT2D eigenvalue weighted by molar-refractivity contribution is 0.101. The quantitative estimate of drug-likeness (QED) is 0.251. The number of hydrogen-bond acceptors (Lipinski definition) is 7. The Labute approximate surface area is 216 Å². The number of ether oxygens (including phenoxy) is 1. The molecule has 2 N–H and O–H groups in total. The van der Waals surface area contributed by atoms with Crippen LogP contribution in [-0.4, -0.2) is 28.6 Å². The van der Waals surface area contributed by atoms with E-state index < -0.39 is 5.91 Å². The molecule has 3 aromatic carbocycles. The monoisotopic (exact) mass is 510 g/mol. The van der Waals surface area contributed by atoms with E-state index in [-0.39, 0.29) is 11.6 Å². The van der Waals surface area contributed by atoms with E-state index in [1.54, 1.807) is 30.3 Å². The SMILES string of the molecule is CCOc1ccc(-c2cc(C(=O)Nc3nc(-c4ccccc4)c(NC(=O)c4ccccc4)s3)no2)cc1. The molecule has 0 spiro atoms. The number of benzene rings is 3. The molecular weight excluding hydrogens is 488 g/mol. The van der Waals surface area contributed by atoms with E-state index in [1.807, 2.05) is 67.6 Å². The summed E-state index contributed by atoms with van der Waals surface area (Å²) in [6.45, 7) is 2.49. The minimum absolute atomic E-state index is 0.107. The molecule has 0 aliphatic carbocycles. The first kappa shape index (κ1) is 24.0. The van der Waals surface area contributed by atoms with Crippen molar-refractivity contribution in [3.63, 3.8) is 0 Å². The fourth-order valence-electron chi connectivity index (χ4n) is 3.58. The number of carbonyl (C=O) groups is 2. The molecule has 37 heavy (non-hydrogen) atoms. The van der Waals surface area contributed by atoms with E-state index in [4.69, 9.17) is 9.26 Å². The fraction of sp³-hybridized carbons (Fsp3) is 0.0714. The molecule has 0 atom stereocenters. The topological polar surface area (TPSA) is 106 Å². The molecule has 0 saturated carbocycles. The molecule has 0 bridgehead atoms. The molecule has 184 valence electrons. The van der Waals surface area contributed by atoms with E-state index in [9.17, 15) is 9.59 Å². The molecule has 0 saturated heterocycles. The Morgan fingerprint density at radius 2 is 1.57 bits per heavy atom. The average molecular weight is 511 g/mol. The summed E-state index contributed by atoms with van der Waals surface area (Å²) in [6, 6.07) is 27.2. The highest BCUT2D eigenvalue weighted by Gasteiger charge is 2.20. The van der Waals surface area contributed by atoms with Crippen LogP contribution >= 0.6 is 11.3 Å². The van der Waals surface area contributed by atoms with Crippen molar-refractivity contribution in [2.45, 2.75) is 6.92 Å². The summed E-state index contributed by atoms with van der Waals surface area (Å²) in [5.41, 5.74) is 2.75. The number of carbonyl (C=O) groups excluding carboxylic acids is 2. The Morgan fingerprint density at radius 1 is 0.865 bits per heavy atom. The third kappa shape index (κ3) is 5.57. The number of anilines is 2. The molecule has 9 heteroatoms. The lowest BCUT2D eigenvalue weighted by atomic mass is 10.1. The predicted octanol–water partition coefficient (Wildman–Crippen LogP) is 6.37. The minimum atomic E-state index is -0.477. The molecule has 5 aromatic rings. The van der Waals surface area contributed by atoms with Gasteiger partial charge in [0.25, 0.3) is 11.8 Å². The standard InChI is InChI=1S/C28H22N4O4S/c1-2-35-21-15-13-18(14-16-21)23-17-22(32-36-23)26(34)31-28-29-24(19-9-5-3-6-10-19)27(37-28)30-25(33)20-11-7-4-8-12-20/h3-17H,2H2,1H3,(H,30,33)(H,29,31,34). The maximum absolute atomic E-state index is 12.9. The zero-order valence-electron chi connectivity index (χ0n) is 19.8. The molecule has 5 rings (SSSR count). The molecule has 0 fully saturated rings. The van der Waals surface area contributed by atoms with Crippen LogP contribution in [0.15, 0.2) is 95.5 Å². The third-order valence-electron chi connectivity index (χ3n) is 5.35. The first-order valence-electron chi connectivity index (χ1n) is 11.5. The maximum atomic E-state index is 12.9. The van der Waals surface area contributed by atoms with E-state index in [0.717, 1.165) is 28.2 Å². The molecule has 2 aromatic heterocycles. The molecular formula is C28H22N4O4S. The van der Waals surface area contributed by atoms with Crippen LogP contribution in [0.5, 0.6) is 5.75 Å². The predicted molar refractivity (Wildman–Crippen MR) is 143 cm³/mol. The van der Waals surface area contributed by atoms with Gasteiger partial charge in [-0.25, -0.2) is 4.98 Å². The lowest BCUT2D eigenvalue weighted by Gasteiger charge is -2.05. The Hall–Kier alpha value is -4.76. The van der Waals surface area contributed by atoms with Gasteiger partial charge < -0.3 is 14.6 Å². The summed E-state index contributed by atoms with van der Waals surface area (Å²) in [5.74, 6) is 0.455. The van der Waals surface area contributed by atoms with Crippen LogP contribution in [0.3, 0.4) is 0 Å². The number of nitrogens with zero attached hydrogens (tertiary/aromatic N) is 2. The Kier molecular flexibility index (Phi) is 7.05. The van der Waals surface area contributed by atoms with Crippen molar-refractivity contribution in [2.24, 2.45) is 0 Å². The number of nitrogens with one attached hydrogen (secondary N) is 2. The highest BCUT2D eigenvalue weighted by Crippen LogP contribution is 2.36. The average Bonchev–Trinajstić information content (AvgIpc) is 3.58. The van der Waals surface area contributed by atoms with E-state index in [2.05, 4.69) is 20.8 Å². The van der Waals surface area contributed by atoms with Gasteiger partial charge in [0.2, 0.25) is 0 Å². The summed E-state index contributed by atoms with van der Waals surface area (Å²) in [4.78, 5) is 30.3. The molecule has 0 aliphatic heterocycles. The molecule has 0 unspecified atom stereocenters. The van der Waals surface area contributed by atoms with Crippen molar-refractivity contribution < 1.29 is 18.8 Å². The summed E-state index contributed by atoms with van der Waals surface area (Å²) < 4.78 is 10.8. The second-order valence-electron chi connectivity index (χ2n) is 7.87. The first-order valence-corrected chi connectivity index (χ1v) is 12.4. The number of rotatable bonds is 8. The lowest BCUT2D eigenvalue weighted by Crippen LogP contribution is -2.11. The maximum Gasteiger partial charge on any atom is 0.279 e. The van der Waals surface area contributed by atoms with Crippen LogP contribution in [0.25, 0.3) is 22.6 Å². The van der Waals surface area contributed by atoms with Gasteiger partial charge in [0, 0.05) is 22.8 Å². The summed E-state index contributed by atoms with van der Waals surface area (Å²) in [5, 5.41) is 10.4. The van der Waals surface area contributed by atoms with Crippen molar-refractivity contribution in [2.75, 3.05) is 17.2 Å². The minimum Gasteiger partial charge on any atom is -0.494 e. The molecule has 2 amide bonds. The van der Waals surface area contributed by atoms with Crippen molar-refractivity contribution in [1.29, 1.82) is 0 Å². The normalized spacial score (nSPS) is 10.6. The second-order valence-corrected chi connectivity index (χ2v) is 8.87. The molecule has 8 nitrogen and oxygen atoms in total. The van der Waals surface area contributed by atoms with Gasteiger partial charge in [-0.3, -0.25) is 14.9 Å². The summed E-state index contributed by atoms with van der Waals surface area (Å²) in [7, 11) is 0. The highest BCUT2D eigenvalue weighted by molar-refractivity contribution is 7.20. The van der Waals surface area contributed by atoms with Gasteiger partial charge in [0.15, 0.2) is 16.6 Å². The van der Waals surface area contributed by atoms with Crippen LogP contribution in [0.4, 0.5) is 10.1 Å². The van der Waals surface area contributed by atoms with E-state index in [1.165, 1.54) is 0 Å². The number of aromatic nitrogens is 2. The molecule has 0 radical (unpaired) electrons. The largest absolute Gasteiger partial charge is 0.494 e. The first-order chi connectivity index (χ1) is 18.1. The van der Waals surface area contributed by atoms with Crippen LogP contribution < -0.4 is 15.4 Å². The Balaban J connectivity index is 1.36. The number of thiazole rings is 1. The highest BCUT2D eigenvalue weighted by atomic mass is 32.1. The second kappa shape index (κ2) is 10.9. The third-order valence-corrected chi connectivity index (χ3v) is 6.24. The smallest absolute Gasteiger partial charge is 0.279 e. The van der Waals surface area contributed by atoms with Crippen molar-refractivity contribution >= 4 is 33.3 Å². The van der Waals surface area contributed by atoms with Crippen molar-refractivity contribution in [3.05, 3.63) is 102 Å². The van der Waals surface area contributed by atoms with Gasteiger partial charge in [0.1, 0.15) is 16.4 Å². The van der Waals surface area contributed by atoms with Crippen LogP contribution in [0, 0.1) is 0 Å². The van der Waals surface area contributed by atoms with Crippen LogP contribution in [-0.2, 0) is 0 Å². The zero-order valence-corrected chi connectivity index (χ0v) is 20.6. The van der Waals surface area contributed by atoms with Gasteiger partial charge in [-0.1, -0.05) is 65.0 Å². The van der Waals surface area contributed by atoms with Gasteiger partial charge in [-0.05, 0) is 43.3 Å². The van der Waals surface area contributed by atoms with Gasteiger partial charge in [-0.2, -0.15) is 0 Å². The summed E-state index contributed by atoms with van der Waals surface area (Å²) >= 11 is 1.16. The van der Waals surface area contributed by atoms with Gasteiger partial charge in [-0.15, -0.1) is 0 Å². The Bertz CT molecular complexity index is 1510. The van der Waals surface area contributed by atoms with Crippen LogP contribution in [0.1, 0.15) is 27.8 Å². The summed E-state index contributed by atoms with van der Waals surface area (Å²) in [6.07, 6.45) is 0. The van der Waals surface area contributed by atoms with E-state index in [0.29, 0.717) is 33.8 Å². The van der Waals surface area contributed by atoms with E-state index >= 15 is 0 Å². The number of hydrogen-bond donors (Lipinski definition) is 2. The van der Waals surface area contributed by atoms with Crippen molar-refractivity contribution in [1.82, 2.24) is 10.1 Å².